The van der Waals surface area contributed by atoms with Gasteiger partial charge in [0.15, 0.2) is 24.4 Å². The molecule has 15 atom stereocenters. The fourth-order valence-electron chi connectivity index (χ4n) is 19.6. The summed E-state index contributed by atoms with van der Waals surface area (Å²) in [5, 5.41) is 26.0. The minimum Gasteiger partial charge on any atom is -0.459 e. The highest BCUT2D eigenvalue weighted by molar-refractivity contribution is 5.86. The Morgan fingerprint density at radius 3 is 1.03 bits per heavy atom. The lowest BCUT2D eigenvalue weighted by Gasteiger charge is -2.59. The molecule has 6 aliphatic heterocycles. The number of rotatable bonds is 21. The third-order valence-electron chi connectivity index (χ3n) is 29.4. The molecule has 12 bridgehead atoms. The number of fused-ring (bicyclic) bond motifs is 4. The normalized spacial score (nSPS) is 32.0. The van der Waals surface area contributed by atoms with Gasteiger partial charge in [0.25, 0.3) is 0 Å². The van der Waals surface area contributed by atoms with Gasteiger partial charge in [-0.25, -0.2) is 0 Å². The second kappa shape index (κ2) is 33.8. The van der Waals surface area contributed by atoms with Crippen LogP contribution in [0.4, 0.5) is 0 Å². The first kappa shape index (κ1) is 90.8. The minimum absolute atomic E-state index is 0.0828. The first-order valence-corrected chi connectivity index (χ1v) is 44.0. The summed E-state index contributed by atoms with van der Waals surface area (Å²) in [4.78, 5) is 96.8. The molecule has 6 saturated heterocycles. The van der Waals surface area contributed by atoms with Gasteiger partial charge in [0.05, 0.1) is 67.7 Å². The van der Waals surface area contributed by atoms with Crippen LogP contribution in [0.25, 0.3) is 21.5 Å². The Bertz CT molecular complexity index is 4130. The maximum atomic E-state index is 12.5. The van der Waals surface area contributed by atoms with E-state index in [4.69, 9.17) is 47.4 Å². The third kappa shape index (κ3) is 19.3. The Morgan fingerprint density at radius 1 is 0.376 bits per heavy atom. The highest BCUT2D eigenvalue weighted by Gasteiger charge is 2.67. The molecule has 0 spiro atoms. The van der Waals surface area contributed by atoms with Crippen LogP contribution in [0.5, 0.6) is 0 Å². The van der Waals surface area contributed by atoms with Gasteiger partial charge in [0.1, 0.15) is 34.6 Å². The van der Waals surface area contributed by atoms with E-state index in [-0.39, 0.29) is 95.2 Å². The number of esters is 8. The summed E-state index contributed by atoms with van der Waals surface area (Å²) >= 11 is 0. The van der Waals surface area contributed by atoms with Crippen molar-refractivity contribution in [1.82, 2.24) is 0 Å². The molecule has 8 aliphatic carbocycles. The molecule has 4 aromatic rings. The van der Waals surface area contributed by atoms with Gasteiger partial charge in [0, 0.05) is 12.8 Å². The van der Waals surface area contributed by atoms with Crippen LogP contribution in [0.3, 0.4) is 0 Å². The number of carbonyl (C=O) groups excluding carboxylic acids is 8. The lowest BCUT2D eigenvalue weighted by atomic mass is 9.52. The molecule has 20 nitrogen and oxygen atoms in total. The predicted molar refractivity (Wildman–Crippen MR) is 445 cm³/mol. The van der Waals surface area contributed by atoms with E-state index in [0.29, 0.717) is 62.2 Å². The standard InChI is InChI=1S/C20H26O2.C19H24O2.2C16H26O3.2C13H18O5/c1-6-19(3,4)18(21)22-20(5,7-2)17-13-12-15-10-8-9-11-16(15)14-17;1-6-18(2,3)17(20)21-19(4,5)16-12-11-14-9-7-8-10-15(14)13-16;2*1-4-14(2,3)13(17)19-16-8-11-5-12(9-16)7-15(18,6-11)10-16;2*1-4-13(2,3)12(15)18-9-7-5-6-8(16-7)10(9)17-11(6)14/h8-14H,6-7H2,1-5H3;7-13H,6H2,1-5H3;2*11-12,18H,4-10H2,1-3H3;2*6-10H,4-5H2,1-3H3. The summed E-state index contributed by atoms with van der Waals surface area (Å²) in [6.45, 7) is 42.8. The summed E-state index contributed by atoms with van der Waals surface area (Å²) in [5.74, 6) is 0.595. The molecule has 646 valence electrons. The zero-order valence-corrected chi connectivity index (χ0v) is 74.3. The Labute approximate surface area is 695 Å². The molecule has 8 saturated carbocycles. The zero-order valence-electron chi connectivity index (χ0n) is 74.3. The number of ether oxygens (including phenoxy) is 10. The van der Waals surface area contributed by atoms with Crippen molar-refractivity contribution in [2.45, 2.75) is 370 Å². The molecule has 14 fully saturated rings. The van der Waals surface area contributed by atoms with E-state index >= 15 is 0 Å². The number of hydrogen-bond donors (Lipinski definition) is 2. The smallest absolute Gasteiger partial charge is 0.312 e. The van der Waals surface area contributed by atoms with Crippen LogP contribution in [0.15, 0.2) is 84.9 Å². The average Bonchev–Trinajstić information content (AvgIpc) is 0.997. The topological polar surface area (TPSA) is 269 Å². The molecule has 20 heteroatoms. The Balaban J connectivity index is 0.000000138. The third-order valence-corrected chi connectivity index (χ3v) is 29.4. The quantitative estimate of drug-likeness (QED) is 0.0579. The second-order valence-corrected chi connectivity index (χ2v) is 41.4. The summed E-state index contributed by atoms with van der Waals surface area (Å²) in [6, 6.07) is 28.9. The molecule has 15 unspecified atom stereocenters. The van der Waals surface area contributed by atoms with Gasteiger partial charge in [-0.15, -0.1) is 0 Å². The number of aliphatic hydroxyl groups is 2. The van der Waals surface area contributed by atoms with E-state index in [9.17, 15) is 48.6 Å². The molecule has 18 rings (SSSR count). The van der Waals surface area contributed by atoms with Crippen molar-refractivity contribution in [3.05, 3.63) is 96.1 Å². The number of benzene rings is 4. The minimum atomic E-state index is -0.631. The Kier molecular flexibility index (Phi) is 26.2. The van der Waals surface area contributed by atoms with E-state index < -0.39 is 79.3 Å². The van der Waals surface area contributed by atoms with Gasteiger partial charge in [-0.1, -0.05) is 121 Å². The van der Waals surface area contributed by atoms with Crippen molar-refractivity contribution in [2.75, 3.05) is 0 Å². The lowest BCUT2D eigenvalue weighted by Crippen LogP contribution is -2.61. The van der Waals surface area contributed by atoms with Crippen molar-refractivity contribution < 1.29 is 95.9 Å². The van der Waals surface area contributed by atoms with Crippen molar-refractivity contribution >= 4 is 69.3 Å². The molecule has 14 aliphatic rings. The first-order valence-electron chi connectivity index (χ1n) is 44.0. The van der Waals surface area contributed by atoms with Crippen LogP contribution < -0.4 is 0 Å². The van der Waals surface area contributed by atoms with Crippen LogP contribution in [0, 0.1) is 68.0 Å². The van der Waals surface area contributed by atoms with Crippen molar-refractivity contribution in [2.24, 2.45) is 68.0 Å². The Morgan fingerprint density at radius 2 is 0.692 bits per heavy atom. The highest BCUT2D eigenvalue weighted by Crippen LogP contribution is 2.61. The van der Waals surface area contributed by atoms with Crippen LogP contribution in [-0.4, -0.2) is 129 Å². The largest absolute Gasteiger partial charge is 0.459 e. The molecule has 0 radical (unpaired) electrons. The van der Waals surface area contributed by atoms with Crippen molar-refractivity contribution in [3.63, 3.8) is 0 Å². The summed E-state index contributed by atoms with van der Waals surface area (Å²) in [5.41, 5.74) is -3.73. The van der Waals surface area contributed by atoms with E-state index in [1.54, 1.807) is 0 Å². The maximum Gasteiger partial charge on any atom is 0.312 e. The monoisotopic (exact) mass is 1620 g/mol. The van der Waals surface area contributed by atoms with Crippen LogP contribution in [-0.2, 0) is 96.9 Å². The fourth-order valence-corrected chi connectivity index (χ4v) is 19.6. The molecular formula is C97H138O20. The van der Waals surface area contributed by atoms with Gasteiger partial charge in [0.2, 0.25) is 0 Å². The lowest BCUT2D eigenvalue weighted by molar-refractivity contribution is -0.226. The number of hydrogen-bond acceptors (Lipinski definition) is 20. The van der Waals surface area contributed by atoms with Crippen LogP contribution in [0.1, 0.15) is 298 Å². The van der Waals surface area contributed by atoms with Gasteiger partial charge in [-0.2, -0.15) is 0 Å². The van der Waals surface area contributed by atoms with Gasteiger partial charge in [-0.05, 0) is 294 Å². The van der Waals surface area contributed by atoms with E-state index in [2.05, 4.69) is 61.5 Å². The highest BCUT2D eigenvalue weighted by atomic mass is 16.7. The van der Waals surface area contributed by atoms with Crippen molar-refractivity contribution in [1.29, 1.82) is 0 Å². The predicted octanol–water partition coefficient (Wildman–Crippen LogP) is 18.7. The fraction of sp³-hybridized carbons (Fsp3) is 0.711. The summed E-state index contributed by atoms with van der Waals surface area (Å²) in [6.07, 6.45) is 15.4. The van der Waals surface area contributed by atoms with Crippen LogP contribution >= 0.6 is 0 Å². The van der Waals surface area contributed by atoms with Crippen LogP contribution in [0.2, 0.25) is 0 Å². The second-order valence-electron chi connectivity index (χ2n) is 41.4. The van der Waals surface area contributed by atoms with Gasteiger partial charge >= 0.3 is 47.8 Å². The zero-order chi connectivity index (χ0) is 86.0. The maximum absolute atomic E-state index is 12.5. The molecule has 0 amide bonds. The van der Waals surface area contributed by atoms with E-state index in [0.717, 1.165) is 100.0 Å². The van der Waals surface area contributed by atoms with Gasteiger partial charge < -0.3 is 57.6 Å². The molecule has 0 aromatic heterocycles. The first-order chi connectivity index (χ1) is 54.5. The molecule has 2 N–H and O–H groups in total. The molecule has 4 aromatic carbocycles. The average molecular weight is 1620 g/mol. The summed E-state index contributed by atoms with van der Waals surface area (Å²) < 4.78 is 56.6. The SMILES string of the molecule is CCC(C)(C)C(=O)OC(C)(C)c1ccc2ccccc2c1.CCC(C)(C)C(=O)OC(C)(CC)c1ccc2ccccc2c1.CCC(C)(C)C(=O)OC12CC3CC(CC(O)(C3)C1)C2.CCC(C)(C)C(=O)OC12CC3CC(CC(O)(C3)C1)C2.CCC(C)(C)C(=O)OC1C2CC3C(=O)OC1C3O2.CCC(C)(C)C(=O)OC1C2CC3C(=O)OC1C3O2. The molecule has 117 heavy (non-hydrogen) atoms. The molecule has 6 heterocycles. The molecular weight excluding hydrogens is 1490 g/mol. The van der Waals surface area contributed by atoms with E-state index in [1.807, 2.05) is 176 Å². The van der Waals surface area contributed by atoms with E-state index in [1.165, 1.54) is 29.0 Å². The summed E-state index contributed by atoms with van der Waals surface area (Å²) in [7, 11) is 0. The number of carbonyl (C=O) groups is 8. The van der Waals surface area contributed by atoms with Crippen molar-refractivity contribution in [3.8, 4) is 0 Å². The Hall–Kier alpha value is -7.00. The van der Waals surface area contributed by atoms with Gasteiger partial charge in [-0.3, -0.25) is 38.4 Å².